The molecule has 4 amide bonds. The lowest BCUT2D eigenvalue weighted by molar-refractivity contribution is -0.141. The topological polar surface area (TPSA) is 193 Å². The van der Waals surface area contributed by atoms with Crippen molar-refractivity contribution in [2.45, 2.75) is 103 Å². The van der Waals surface area contributed by atoms with Gasteiger partial charge in [-0.15, -0.1) is 0 Å². The molecule has 3 aliphatic rings. The van der Waals surface area contributed by atoms with Crippen molar-refractivity contribution in [2.24, 2.45) is 17.3 Å². The Bertz CT molecular complexity index is 2310. The molecule has 6 rings (SSSR count). The number of benzene rings is 1. The third-order valence-electron chi connectivity index (χ3n) is 12.6. The molecular formula is C49H62F2N8O7. The summed E-state index contributed by atoms with van der Waals surface area (Å²) in [6.45, 7) is 11.2. The van der Waals surface area contributed by atoms with Crippen LogP contribution in [0.5, 0.6) is 0 Å². The highest BCUT2D eigenvalue weighted by atomic mass is 19.3. The summed E-state index contributed by atoms with van der Waals surface area (Å²) in [5.74, 6) is 0.564. The molecule has 1 saturated heterocycles. The predicted octanol–water partition coefficient (Wildman–Crippen LogP) is 8.72. The second-order valence-corrected chi connectivity index (χ2v) is 17.7. The number of hydrogen-bond acceptors (Lipinski definition) is 9. The molecule has 0 bridgehead atoms. The highest BCUT2D eigenvalue weighted by molar-refractivity contribution is 5.87. The predicted molar refractivity (Wildman–Crippen MR) is 246 cm³/mol. The molecule has 2 aromatic heterocycles. The molecule has 5 N–H and O–H groups in total. The molecule has 15 nitrogen and oxygen atoms in total. The zero-order valence-electron chi connectivity index (χ0n) is 38.3. The molecule has 2 aliphatic carbocycles. The van der Waals surface area contributed by atoms with E-state index in [1.807, 2.05) is 75.4 Å². The zero-order chi connectivity index (χ0) is 47.5. The van der Waals surface area contributed by atoms with Gasteiger partial charge in [0.15, 0.2) is 0 Å². The number of carbonyl (C=O) groups excluding carboxylic acids is 4. The highest BCUT2D eigenvalue weighted by Crippen LogP contribution is 2.58. The number of halogens is 2. The van der Waals surface area contributed by atoms with Crippen LogP contribution < -0.4 is 16.0 Å². The summed E-state index contributed by atoms with van der Waals surface area (Å²) in [6, 6.07) is 5.42. The second kappa shape index (κ2) is 22.2. The number of nitrogens with one attached hydrogen (secondary N) is 5. The third kappa shape index (κ3) is 12.5. The Hall–Kier alpha value is -6.36. The van der Waals surface area contributed by atoms with E-state index in [9.17, 15) is 28.0 Å². The van der Waals surface area contributed by atoms with E-state index < -0.39 is 49.4 Å². The maximum atomic E-state index is 13.9. The quantitative estimate of drug-likeness (QED) is 0.0690. The van der Waals surface area contributed by atoms with Gasteiger partial charge >= 0.3 is 18.8 Å². The molecule has 4 atom stereocenters. The number of likely N-dealkylation sites (tertiary alicyclic amines) is 1. The number of aromatic amines is 2. The Kier molecular flexibility index (Phi) is 16.5. The molecule has 0 unspecified atom stereocenters. The Morgan fingerprint density at radius 3 is 2.27 bits per heavy atom. The lowest BCUT2D eigenvalue weighted by Gasteiger charge is -2.28. The molecule has 1 aliphatic heterocycles. The Morgan fingerprint density at radius 1 is 0.939 bits per heavy atom. The zero-order valence-corrected chi connectivity index (χ0v) is 38.3. The van der Waals surface area contributed by atoms with Gasteiger partial charge in [-0.2, -0.15) is 8.78 Å². The Morgan fingerprint density at radius 2 is 1.64 bits per heavy atom. The van der Waals surface area contributed by atoms with Gasteiger partial charge in [-0.1, -0.05) is 88.4 Å². The molecule has 66 heavy (non-hydrogen) atoms. The molecule has 1 aromatic carbocycles. The van der Waals surface area contributed by atoms with Crippen LogP contribution in [-0.2, 0) is 23.8 Å². The largest absolute Gasteiger partial charge is 0.453 e. The van der Waals surface area contributed by atoms with Gasteiger partial charge in [0.1, 0.15) is 23.7 Å². The van der Waals surface area contributed by atoms with Crippen LogP contribution in [0.3, 0.4) is 0 Å². The number of alkyl halides is 2. The monoisotopic (exact) mass is 912 g/mol. The first-order valence-electron chi connectivity index (χ1n) is 22.4. The molecule has 3 fully saturated rings. The number of carbonyl (C=O) groups is 4. The molecule has 354 valence electrons. The molecule has 17 heteroatoms. The third-order valence-corrected chi connectivity index (χ3v) is 12.6. The molecule has 1 spiro atoms. The van der Waals surface area contributed by atoms with E-state index in [4.69, 9.17) is 14.5 Å². The van der Waals surface area contributed by atoms with Crippen LogP contribution in [0.1, 0.15) is 107 Å². The number of amides is 4. The minimum atomic E-state index is -3.00. The van der Waals surface area contributed by atoms with Gasteiger partial charge in [-0.05, 0) is 90.2 Å². The summed E-state index contributed by atoms with van der Waals surface area (Å²) >= 11 is 0. The maximum absolute atomic E-state index is 13.9. The fourth-order valence-electron chi connectivity index (χ4n) is 8.77. The van der Waals surface area contributed by atoms with Crippen LogP contribution in [0.2, 0.25) is 0 Å². The smallest absolute Gasteiger partial charge is 0.407 e. The van der Waals surface area contributed by atoms with Gasteiger partial charge < -0.3 is 45.0 Å². The van der Waals surface area contributed by atoms with Gasteiger partial charge in [-0.25, -0.2) is 19.6 Å². The highest BCUT2D eigenvalue weighted by Gasteiger charge is 2.55. The summed E-state index contributed by atoms with van der Waals surface area (Å²) in [5, 5.41) is 8.33. The molecular weight excluding hydrogens is 851 g/mol. The maximum Gasteiger partial charge on any atom is 0.407 e. The van der Waals surface area contributed by atoms with Crippen LogP contribution in [-0.4, -0.2) is 94.9 Å². The molecule has 2 saturated carbocycles. The van der Waals surface area contributed by atoms with Crippen molar-refractivity contribution in [2.75, 3.05) is 27.4 Å². The number of H-pyrrole nitrogens is 2. The van der Waals surface area contributed by atoms with Crippen LogP contribution >= 0.6 is 0 Å². The lowest BCUT2D eigenvalue weighted by atomic mass is 9.96. The number of imidazole rings is 2. The minimum Gasteiger partial charge on any atom is -0.453 e. The SMILES string of the molecule is C=C(/C=C\C(=C)c1cnc([C@@H]2CC3(CC3)CN2C(=O)[C@H](CCOC(F)F)NC(=O)OC)[nH]1)/C=C(\C=C/C)c1ccc(-c2cnc([C@@H](NC(=O)[C@@H](NC(=O)OC)C(C)C)C3CCCC3)[nH]2)cc1. The summed E-state index contributed by atoms with van der Waals surface area (Å²) in [6.07, 6.45) is 18.0. The summed E-state index contributed by atoms with van der Waals surface area (Å²) in [7, 11) is 2.44. The van der Waals surface area contributed by atoms with E-state index in [0.717, 1.165) is 73.6 Å². The fourth-order valence-corrected chi connectivity index (χ4v) is 8.77. The molecule has 0 radical (unpaired) electrons. The summed E-state index contributed by atoms with van der Waals surface area (Å²) < 4.78 is 39.3. The first kappa shape index (κ1) is 49.1. The van der Waals surface area contributed by atoms with Crippen LogP contribution in [0.4, 0.5) is 18.4 Å². The number of nitrogens with zero attached hydrogens (tertiary/aromatic N) is 3. The van der Waals surface area contributed by atoms with Gasteiger partial charge in [0.2, 0.25) is 11.8 Å². The molecule has 3 aromatic rings. The average molecular weight is 913 g/mol. The van der Waals surface area contributed by atoms with Crippen molar-refractivity contribution in [3.05, 3.63) is 109 Å². The van der Waals surface area contributed by atoms with Crippen molar-refractivity contribution in [3.8, 4) is 11.3 Å². The van der Waals surface area contributed by atoms with E-state index in [2.05, 4.69) is 48.8 Å². The summed E-state index contributed by atoms with van der Waals surface area (Å²) in [5.41, 5.74) is 5.58. The number of allylic oxidation sites excluding steroid dienone is 8. The van der Waals surface area contributed by atoms with E-state index >= 15 is 0 Å². The van der Waals surface area contributed by atoms with E-state index in [0.29, 0.717) is 35.9 Å². The van der Waals surface area contributed by atoms with Gasteiger partial charge in [0.25, 0.3) is 0 Å². The Labute approximate surface area is 384 Å². The van der Waals surface area contributed by atoms with Crippen molar-refractivity contribution in [1.82, 2.24) is 40.8 Å². The van der Waals surface area contributed by atoms with Crippen LogP contribution in [0.25, 0.3) is 22.4 Å². The lowest BCUT2D eigenvalue weighted by Crippen LogP contribution is -2.51. The molecule has 3 heterocycles. The van der Waals surface area contributed by atoms with Gasteiger partial charge in [-0.3, -0.25) is 9.59 Å². The second-order valence-electron chi connectivity index (χ2n) is 17.7. The number of rotatable bonds is 20. The number of methoxy groups -OCH3 is 2. The first-order valence-corrected chi connectivity index (χ1v) is 22.4. The fraction of sp³-hybridized carbons (Fsp3) is 0.469. The van der Waals surface area contributed by atoms with Gasteiger partial charge in [0, 0.05) is 13.0 Å². The number of alkyl carbamates (subject to hydrolysis) is 2. The van der Waals surface area contributed by atoms with E-state index in [1.165, 1.54) is 7.11 Å². The normalized spacial score (nSPS) is 18.5. The average Bonchev–Trinajstić information content (AvgIpc) is 3.87. The summed E-state index contributed by atoms with van der Waals surface area (Å²) in [4.78, 5) is 69.3. The van der Waals surface area contributed by atoms with E-state index in [1.54, 1.807) is 17.3 Å². The van der Waals surface area contributed by atoms with Crippen LogP contribution in [0, 0.1) is 17.3 Å². The minimum absolute atomic E-state index is 0.0546. The first-order chi connectivity index (χ1) is 31.6. The Balaban J connectivity index is 1.12. The van der Waals surface area contributed by atoms with Crippen molar-refractivity contribution in [1.29, 1.82) is 0 Å². The number of aromatic nitrogens is 4. The van der Waals surface area contributed by atoms with Crippen molar-refractivity contribution in [3.63, 3.8) is 0 Å². The van der Waals surface area contributed by atoms with Crippen molar-refractivity contribution >= 4 is 35.1 Å². The van der Waals surface area contributed by atoms with Crippen molar-refractivity contribution < 1.29 is 42.2 Å². The standard InChI is InChI=1S/C49H62F2N8O7/c1-8-11-35(32-16-18-33(19-17-32)38-27-53-43(55-38)41(34-12-9-10-13-34)57-44(60)40(29(2)3)58-48(63)65-7)24-30(4)14-15-31(5)37-26-52-42(54-37)39-25-49(21-22-49)28-59(39)45(61)36(56-47(62)64-6)20-23-66-46(50)51/h8,11,14-19,24,26-27,29,34,36,39-41,46H,4-5,9-10,12-13,20-23,25,28H2,1-3,6-7H3,(H,52,54)(H,53,55)(H,56,62)(H,57,60)(H,58,63)/b11-8-,15-14-,35-24+/t36-,39-,40-,41-/m0/s1. The van der Waals surface area contributed by atoms with Gasteiger partial charge in [0.05, 0.1) is 56.7 Å². The number of ether oxygens (including phenoxy) is 3. The van der Waals surface area contributed by atoms with E-state index in [-0.39, 0.29) is 35.6 Å². The van der Waals surface area contributed by atoms with Crippen LogP contribution in [0.15, 0.2) is 85.8 Å². The number of hydrogen-bond donors (Lipinski definition) is 5.